The largest absolute Gasteiger partial charge is 0.356 e. The molecule has 0 bridgehead atoms. The lowest BCUT2D eigenvalue weighted by Gasteiger charge is -2.31. The Labute approximate surface area is 165 Å². The van der Waals surface area contributed by atoms with Gasteiger partial charge in [-0.15, -0.1) is 0 Å². The van der Waals surface area contributed by atoms with Crippen molar-refractivity contribution in [2.75, 3.05) is 19.6 Å². The van der Waals surface area contributed by atoms with Crippen molar-refractivity contribution in [1.82, 2.24) is 15.2 Å². The van der Waals surface area contributed by atoms with Gasteiger partial charge >= 0.3 is 0 Å². The van der Waals surface area contributed by atoms with Gasteiger partial charge in [0.05, 0.1) is 0 Å². The number of carbonyl (C=O) groups excluding carboxylic acids is 2. The summed E-state index contributed by atoms with van der Waals surface area (Å²) in [4.78, 5) is 29.9. The van der Waals surface area contributed by atoms with Gasteiger partial charge in [-0.05, 0) is 55.4 Å². The summed E-state index contributed by atoms with van der Waals surface area (Å²) < 4.78 is 0. The maximum Gasteiger partial charge on any atom is 0.270 e. The lowest BCUT2D eigenvalue weighted by molar-refractivity contribution is -0.122. The van der Waals surface area contributed by atoms with Crippen molar-refractivity contribution in [2.24, 2.45) is 11.8 Å². The molecule has 1 fully saturated rings. The molecule has 3 rings (SSSR count). The van der Waals surface area contributed by atoms with Gasteiger partial charge in [-0.2, -0.15) is 0 Å². The van der Waals surface area contributed by atoms with Crippen LogP contribution in [0.1, 0.15) is 50.0 Å². The molecule has 0 atom stereocenters. The normalized spacial score (nSPS) is 15.5. The van der Waals surface area contributed by atoms with Gasteiger partial charge in [-0.1, -0.05) is 25.4 Å². The Kier molecular flexibility index (Phi) is 6.42. The zero-order valence-corrected chi connectivity index (χ0v) is 16.8. The fourth-order valence-electron chi connectivity index (χ4n) is 3.56. The van der Waals surface area contributed by atoms with Crippen LogP contribution in [0.5, 0.6) is 0 Å². The number of aromatic amines is 1. The third-order valence-electron chi connectivity index (χ3n) is 5.23. The van der Waals surface area contributed by atoms with E-state index in [1.807, 2.05) is 29.2 Å². The third kappa shape index (κ3) is 5.25. The molecule has 0 unspecified atom stereocenters. The molecule has 5 nitrogen and oxygen atoms in total. The minimum Gasteiger partial charge on any atom is -0.356 e. The Morgan fingerprint density at radius 2 is 2.00 bits per heavy atom. The highest BCUT2D eigenvalue weighted by molar-refractivity contribution is 6.31. The molecule has 1 aromatic carbocycles. The quantitative estimate of drug-likeness (QED) is 0.776. The van der Waals surface area contributed by atoms with Crippen molar-refractivity contribution in [3.63, 3.8) is 0 Å². The first kappa shape index (κ1) is 19.7. The van der Waals surface area contributed by atoms with Crippen LogP contribution in [0.2, 0.25) is 5.02 Å². The van der Waals surface area contributed by atoms with Gasteiger partial charge in [0.2, 0.25) is 5.91 Å². The Bertz CT molecular complexity index is 807. The first-order chi connectivity index (χ1) is 12.9. The van der Waals surface area contributed by atoms with E-state index in [4.69, 9.17) is 11.6 Å². The number of fused-ring (bicyclic) bond motifs is 1. The minimum absolute atomic E-state index is 0.0159. The van der Waals surface area contributed by atoms with Crippen LogP contribution in [0.25, 0.3) is 10.9 Å². The number of piperidine rings is 1. The van der Waals surface area contributed by atoms with Gasteiger partial charge in [-0.3, -0.25) is 9.59 Å². The molecule has 2 aromatic rings. The lowest BCUT2D eigenvalue weighted by Crippen LogP contribution is -2.40. The van der Waals surface area contributed by atoms with Crippen LogP contribution in [-0.2, 0) is 4.79 Å². The number of nitrogens with zero attached hydrogens (tertiary/aromatic N) is 1. The van der Waals surface area contributed by atoms with Crippen LogP contribution >= 0.6 is 11.6 Å². The summed E-state index contributed by atoms with van der Waals surface area (Å²) in [5.41, 5.74) is 1.51. The fourth-order valence-corrected chi connectivity index (χ4v) is 3.74. The van der Waals surface area contributed by atoms with E-state index in [2.05, 4.69) is 24.1 Å². The van der Waals surface area contributed by atoms with Gasteiger partial charge in [0.25, 0.3) is 5.91 Å². The second-order valence-electron chi connectivity index (χ2n) is 7.89. The highest BCUT2D eigenvalue weighted by atomic mass is 35.5. The van der Waals surface area contributed by atoms with Gasteiger partial charge in [0.15, 0.2) is 0 Å². The summed E-state index contributed by atoms with van der Waals surface area (Å²) in [5, 5.41) is 4.61. The Morgan fingerprint density at radius 3 is 2.70 bits per heavy atom. The second-order valence-corrected chi connectivity index (χ2v) is 8.32. The van der Waals surface area contributed by atoms with Crippen LogP contribution in [0, 0.1) is 11.8 Å². The first-order valence-corrected chi connectivity index (χ1v) is 10.1. The Hall–Kier alpha value is -2.01. The molecule has 0 radical (unpaired) electrons. The molecule has 0 aliphatic carbocycles. The summed E-state index contributed by atoms with van der Waals surface area (Å²) >= 11 is 6.02. The monoisotopic (exact) mass is 389 g/mol. The second kappa shape index (κ2) is 8.79. The summed E-state index contributed by atoms with van der Waals surface area (Å²) in [7, 11) is 0. The number of hydrogen-bond acceptors (Lipinski definition) is 2. The van der Waals surface area contributed by atoms with Crippen LogP contribution in [0.3, 0.4) is 0 Å². The number of carbonyl (C=O) groups is 2. The van der Waals surface area contributed by atoms with Crippen LogP contribution in [0.15, 0.2) is 24.3 Å². The van der Waals surface area contributed by atoms with E-state index in [9.17, 15) is 9.59 Å². The molecule has 1 aromatic heterocycles. The Morgan fingerprint density at radius 1 is 1.26 bits per heavy atom. The SMILES string of the molecule is CC(C)CCNC(=O)CC1CCN(C(=O)c2cc3cc(Cl)ccc3[nH]2)CC1. The van der Waals surface area contributed by atoms with E-state index in [1.165, 1.54) is 0 Å². The predicted molar refractivity (Wildman–Crippen MR) is 109 cm³/mol. The molecule has 1 saturated heterocycles. The van der Waals surface area contributed by atoms with Crippen molar-refractivity contribution in [2.45, 2.75) is 39.5 Å². The number of nitrogens with one attached hydrogen (secondary N) is 2. The molecule has 0 saturated carbocycles. The number of likely N-dealkylation sites (tertiary alicyclic amines) is 1. The molecule has 1 aliphatic heterocycles. The van der Waals surface area contributed by atoms with E-state index in [0.717, 1.165) is 36.7 Å². The predicted octanol–water partition coefficient (Wildman–Crippen LogP) is 4.23. The maximum absolute atomic E-state index is 12.8. The van der Waals surface area contributed by atoms with E-state index in [1.54, 1.807) is 0 Å². The van der Waals surface area contributed by atoms with Crippen molar-refractivity contribution in [3.05, 3.63) is 35.0 Å². The van der Waals surface area contributed by atoms with Gasteiger partial charge < -0.3 is 15.2 Å². The van der Waals surface area contributed by atoms with E-state index in [0.29, 0.717) is 42.1 Å². The van der Waals surface area contributed by atoms with Crippen molar-refractivity contribution >= 4 is 34.3 Å². The number of halogens is 1. The Balaban J connectivity index is 1.49. The molecular weight excluding hydrogens is 362 g/mol. The lowest BCUT2D eigenvalue weighted by atomic mass is 9.93. The number of H-pyrrole nitrogens is 1. The maximum atomic E-state index is 12.8. The van der Waals surface area contributed by atoms with Gasteiger partial charge in [0, 0.05) is 42.0 Å². The molecule has 2 heterocycles. The van der Waals surface area contributed by atoms with Crippen LogP contribution < -0.4 is 5.32 Å². The number of hydrogen-bond donors (Lipinski definition) is 2. The van der Waals surface area contributed by atoms with Crippen molar-refractivity contribution < 1.29 is 9.59 Å². The van der Waals surface area contributed by atoms with Crippen LogP contribution in [-0.4, -0.2) is 41.3 Å². The average Bonchev–Trinajstić information content (AvgIpc) is 3.04. The molecular formula is C21H28ClN3O2. The molecule has 2 amide bonds. The van der Waals surface area contributed by atoms with Crippen molar-refractivity contribution in [3.8, 4) is 0 Å². The topological polar surface area (TPSA) is 65.2 Å². The zero-order valence-electron chi connectivity index (χ0n) is 16.1. The van der Waals surface area contributed by atoms with E-state index < -0.39 is 0 Å². The highest BCUT2D eigenvalue weighted by Gasteiger charge is 2.25. The molecule has 6 heteroatoms. The zero-order chi connectivity index (χ0) is 19.4. The fraction of sp³-hybridized carbons (Fsp3) is 0.524. The molecule has 0 spiro atoms. The average molecular weight is 390 g/mol. The molecule has 2 N–H and O–H groups in total. The summed E-state index contributed by atoms with van der Waals surface area (Å²) in [6.07, 6.45) is 3.31. The smallest absolute Gasteiger partial charge is 0.270 e. The van der Waals surface area contributed by atoms with Gasteiger partial charge in [0.1, 0.15) is 5.69 Å². The van der Waals surface area contributed by atoms with E-state index >= 15 is 0 Å². The number of amides is 2. The number of benzene rings is 1. The van der Waals surface area contributed by atoms with Crippen LogP contribution in [0.4, 0.5) is 0 Å². The first-order valence-electron chi connectivity index (χ1n) is 9.76. The standard InChI is InChI=1S/C21H28ClN3O2/c1-14(2)5-8-23-20(26)11-15-6-9-25(10-7-15)21(27)19-13-16-12-17(22)3-4-18(16)24-19/h3-4,12-15,24H,5-11H2,1-2H3,(H,23,26). The van der Waals surface area contributed by atoms with E-state index in [-0.39, 0.29) is 11.8 Å². The van der Waals surface area contributed by atoms with Gasteiger partial charge in [-0.25, -0.2) is 0 Å². The summed E-state index contributed by atoms with van der Waals surface area (Å²) in [6.45, 7) is 6.44. The number of rotatable bonds is 6. The molecule has 1 aliphatic rings. The molecule has 27 heavy (non-hydrogen) atoms. The highest BCUT2D eigenvalue weighted by Crippen LogP contribution is 2.24. The summed E-state index contributed by atoms with van der Waals surface area (Å²) in [6, 6.07) is 7.41. The minimum atomic E-state index is 0.0159. The third-order valence-corrected chi connectivity index (χ3v) is 5.47. The number of aromatic nitrogens is 1. The summed E-state index contributed by atoms with van der Waals surface area (Å²) in [5.74, 6) is 1.10. The van der Waals surface area contributed by atoms with Crippen molar-refractivity contribution in [1.29, 1.82) is 0 Å². The molecule has 146 valence electrons.